The van der Waals surface area contributed by atoms with Gasteiger partial charge in [0.15, 0.2) is 5.82 Å². The van der Waals surface area contributed by atoms with Gasteiger partial charge in [-0.15, -0.1) is 0 Å². The van der Waals surface area contributed by atoms with E-state index in [4.69, 9.17) is 5.73 Å². The third-order valence-corrected chi connectivity index (χ3v) is 2.61. The second kappa shape index (κ2) is 4.91. The molecule has 0 aliphatic carbocycles. The van der Waals surface area contributed by atoms with Gasteiger partial charge in [-0.25, -0.2) is 0 Å². The van der Waals surface area contributed by atoms with Crippen LogP contribution in [0, 0.1) is 0 Å². The van der Waals surface area contributed by atoms with Crippen LogP contribution in [0.5, 0.6) is 0 Å². The molecule has 0 fully saturated rings. The third kappa shape index (κ3) is 2.78. The number of hydrogen-bond acceptors (Lipinski definition) is 3. The summed E-state index contributed by atoms with van der Waals surface area (Å²) in [5.41, 5.74) is 8.84. The molecule has 17 heavy (non-hydrogen) atoms. The standard InChI is InChI=1S/C13H18N4/c1-3-4-10-5-7-11(8-6-10)15-13-12(14)9-17(2)16-13/h5-9H,3-4,14H2,1-2H3,(H,15,16). The third-order valence-electron chi connectivity index (χ3n) is 2.61. The van der Waals surface area contributed by atoms with Crippen molar-refractivity contribution < 1.29 is 0 Å². The van der Waals surface area contributed by atoms with Gasteiger partial charge in [-0.2, -0.15) is 5.10 Å². The molecule has 0 radical (unpaired) electrons. The summed E-state index contributed by atoms with van der Waals surface area (Å²) < 4.78 is 1.70. The van der Waals surface area contributed by atoms with Crippen molar-refractivity contribution in [3.05, 3.63) is 36.0 Å². The van der Waals surface area contributed by atoms with Crippen LogP contribution < -0.4 is 11.1 Å². The van der Waals surface area contributed by atoms with Crippen LogP contribution in [0.2, 0.25) is 0 Å². The molecule has 0 saturated carbocycles. The topological polar surface area (TPSA) is 55.9 Å². The number of benzene rings is 1. The quantitative estimate of drug-likeness (QED) is 0.849. The van der Waals surface area contributed by atoms with Gasteiger partial charge in [0.25, 0.3) is 0 Å². The lowest BCUT2D eigenvalue weighted by molar-refractivity contribution is 0.771. The van der Waals surface area contributed by atoms with Crippen LogP contribution in [-0.4, -0.2) is 9.78 Å². The molecule has 1 aromatic heterocycles. The Hall–Kier alpha value is -1.97. The molecule has 2 aromatic rings. The Morgan fingerprint density at radius 1 is 1.29 bits per heavy atom. The van der Waals surface area contributed by atoms with Gasteiger partial charge < -0.3 is 11.1 Å². The molecule has 0 spiro atoms. The highest BCUT2D eigenvalue weighted by molar-refractivity contribution is 5.67. The number of rotatable bonds is 4. The molecule has 0 aliphatic rings. The minimum absolute atomic E-state index is 0.658. The highest BCUT2D eigenvalue weighted by Crippen LogP contribution is 2.21. The number of anilines is 3. The predicted molar refractivity (Wildman–Crippen MR) is 71.3 cm³/mol. The zero-order valence-corrected chi connectivity index (χ0v) is 10.3. The number of nitrogens with two attached hydrogens (primary N) is 1. The van der Waals surface area contributed by atoms with Crippen LogP contribution >= 0.6 is 0 Å². The van der Waals surface area contributed by atoms with Crippen LogP contribution in [0.25, 0.3) is 0 Å². The van der Waals surface area contributed by atoms with Crippen molar-refractivity contribution in [2.24, 2.45) is 7.05 Å². The molecule has 1 heterocycles. The van der Waals surface area contributed by atoms with Gasteiger partial charge >= 0.3 is 0 Å². The zero-order valence-electron chi connectivity index (χ0n) is 10.3. The van der Waals surface area contributed by atoms with Crippen molar-refractivity contribution in [2.45, 2.75) is 19.8 Å². The molecule has 3 N–H and O–H groups in total. The monoisotopic (exact) mass is 230 g/mol. The normalized spacial score (nSPS) is 10.5. The van der Waals surface area contributed by atoms with Gasteiger partial charge in [0.1, 0.15) is 0 Å². The Morgan fingerprint density at radius 2 is 2.00 bits per heavy atom. The van der Waals surface area contributed by atoms with Gasteiger partial charge in [0.2, 0.25) is 0 Å². The molecule has 2 rings (SSSR count). The van der Waals surface area contributed by atoms with Crippen LogP contribution in [0.4, 0.5) is 17.2 Å². The van der Waals surface area contributed by atoms with E-state index in [1.807, 2.05) is 7.05 Å². The van der Waals surface area contributed by atoms with Crippen LogP contribution in [0.1, 0.15) is 18.9 Å². The fourth-order valence-corrected chi connectivity index (χ4v) is 1.78. The maximum absolute atomic E-state index is 5.82. The van der Waals surface area contributed by atoms with Crippen molar-refractivity contribution in [3.8, 4) is 0 Å². The van der Waals surface area contributed by atoms with E-state index < -0.39 is 0 Å². The first kappa shape index (κ1) is 11.5. The molecule has 90 valence electrons. The van der Waals surface area contributed by atoms with E-state index >= 15 is 0 Å². The van der Waals surface area contributed by atoms with Crippen molar-refractivity contribution in [2.75, 3.05) is 11.1 Å². The van der Waals surface area contributed by atoms with E-state index in [1.54, 1.807) is 10.9 Å². The maximum Gasteiger partial charge on any atom is 0.175 e. The maximum atomic E-state index is 5.82. The van der Waals surface area contributed by atoms with Crippen molar-refractivity contribution in [3.63, 3.8) is 0 Å². The fraction of sp³-hybridized carbons (Fsp3) is 0.308. The number of nitrogen functional groups attached to an aromatic ring is 1. The summed E-state index contributed by atoms with van der Waals surface area (Å²) in [4.78, 5) is 0. The Bertz CT molecular complexity index is 485. The molecule has 1 aromatic carbocycles. The van der Waals surface area contributed by atoms with E-state index in [-0.39, 0.29) is 0 Å². The Morgan fingerprint density at radius 3 is 2.53 bits per heavy atom. The summed E-state index contributed by atoms with van der Waals surface area (Å²) >= 11 is 0. The number of aryl methyl sites for hydroxylation is 2. The second-order valence-corrected chi connectivity index (χ2v) is 4.18. The number of nitrogens with zero attached hydrogens (tertiary/aromatic N) is 2. The molecule has 0 saturated heterocycles. The van der Waals surface area contributed by atoms with Crippen LogP contribution in [0.15, 0.2) is 30.5 Å². The Balaban J connectivity index is 2.11. The van der Waals surface area contributed by atoms with Crippen molar-refractivity contribution in [1.82, 2.24) is 9.78 Å². The lowest BCUT2D eigenvalue weighted by Crippen LogP contribution is -1.96. The van der Waals surface area contributed by atoms with Gasteiger partial charge in [-0.05, 0) is 24.1 Å². The molecular formula is C13H18N4. The molecule has 0 amide bonds. The summed E-state index contributed by atoms with van der Waals surface area (Å²) in [6.07, 6.45) is 4.07. The summed E-state index contributed by atoms with van der Waals surface area (Å²) in [7, 11) is 1.85. The van der Waals surface area contributed by atoms with E-state index in [9.17, 15) is 0 Å². The zero-order chi connectivity index (χ0) is 12.3. The second-order valence-electron chi connectivity index (χ2n) is 4.18. The van der Waals surface area contributed by atoms with E-state index in [2.05, 4.69) is 41.6 Å². The van der Waals surface area contributed by atoms with E-state index in [0.29, 0.717) is 11.5 Å². The van der Waals surface area contributed by atoms with E-state index in [0.717, 1.165) is 12.1 Å². The van der Waals surface area contributed by atoms with Crippen LogP contribution in [-0.2, 0) is 13.5 Å². The summed E-state index contributed by atoms with van der Waals surface area (Å²) in [5, 5.41) is 7.45. The highest BCUT2D eigenvalue weighted by atomic mass is 15.3. The lowest BCUT2D eigenvalue weighted by Gasteiger charge is -2.05. The molecular weight excluding hydrogens is 212 g/mol. The Kier molecular flexibility index (Phi) is 3.32. The van der Waals surface area contributed by atoms with Crippen molar-refractivity contribution >= 4 is 17.2 Å². The average Bonchev–Trinajstić information content (AvgIpc) is 2.61. The van der Waals surface area contributed by atoms with E-state index in [1.165, 1.54) is 12.0 Å². The van der Waals surface area contributed by atoms with Crippen molar-refractivity contribution in [1.29, 1.82) is 0 Å². The molecule has 4 nitrogen and oxygen atoms in total. The van der Waals surface area contributed by atoms with Gasteiger partial charge in [0, 0.05) is 18.9 Å². The molecule has 0 aliphatic heterocycles. The minimum Gasteiger partial charge on any atom is -0.394 e. The first-order valence-electron chi connectivity index (χ1n) is 5.84. The Labute approximate surface area is 101 Å². The first-order valence-corrected chi connectivity index (χ1v) is 5.84. The molecule has 0 bridgehead atoms. The van der Waals surface area contributed by atoms with Gasteiger partial charge in [-0.1, -0.05) is 25.5 Å². The largest absolute Gasteiger partial charge is 0.394 e. The number of hydrogen-bond donors (Lipinski definition) is 2. The molecule has 0 unspecified atom stereocenters. The highest BCUT2D eigenvalue weighted by Gasteiger charge is 2.03. The fourth-order valence-electron chi connectivity index (χ4n) is 1.78. The summed E-state index contributed by atoms with van der Waals surface area (Å²) in [6.45, 7) is 2.18. The van der Waals surface area contributed by atoms with Gasteiger partial charge in [-0.3, -0.25) is 4.68 Å². The lowest BCUT2D eigenvalue weighted by atomic mass is 10.1. The first-order chi connectivity index (χ1) is 8.19. The SMILES string of the molecule is CCCc1ccc(Nc2nn(C)cc2N)cc1. The van der Waals surface area contributed by atoms with Crippen LogP contribution in [0.3, 0.4) is 0 Å². The molecule has 4 heteroatoms. The number of nitrogens with one attached hydrogen (secondary N) is 1. The summed E-state index contributed by atoms with van der Waals surface area (Å²) in [6, 6.07) is 8.37. The predicted octanol–water partition coefficient (Wildman–Crippen LogP) is 2.70. The average molecular weight is 230 g/mol. The smallest absolute Gasteiger partial charge is 0.175 e. The molecule has 0 atom stereocenters. The van der Waals surface area contributed by atoms with Gasteiger partial charge in [0.05, 0.1) is 5.69 Å². The summed E-state index contributed by atoms with van der Waals surface area (Å²) in [5.74, 6) is 0.704. The minimum atomic E-state index is 0.658. The number of aromatic nitrogens is 2.